The summed E-state index contributed by atoms with van der Waals surface area (Å²) in [6.07, 6.45) is 17.1. The maximum absolute atomic E-state index is 5.99. The Kier molecular flexibility index (Phi) is 8.04. The van der Waals surface area contributed by atoms with E-state index in [2.05, 4.69) is 141 Å². The fourth-order valence-corrected chi connectivity index (χ4v) is 5.53. The van der Waals surface area contributed by atoms with Gasteiger partial charge in [0, 0.05) is 59.7 Å². The fourth-order valence-electron chi connectivity index (χ4n) is 5.53. The van der Waals surface area contributed by atoms with Gasteiger partial charge in [-0.3, -0.25) is 0 Å². The maximum Gasteiger partial charge on any atom is 0.182 e. The Morgan fingerprint density at radius 3 is 1.09 bits per heavy atom. The minimum Gasteiger partial charge on any atom is -0.487 e. The minimum absolute atomic E-state index is 0.589. The molecule has 11 heterocycles. The molecule has 4 aromatic heterocycles. The highest BCUT2D eigenvalue weighted by Gasteiger charge is 2.11. The molecule has 7 aliphatic heterocycles. The number of pyridine rings is 4. The zero-order valence-electron chi connectivity index (χ0n) is 24.7. The molecule has 2 aromatic carbocycles. The molecule has 0 fully saturated rings. The lowest BCUT2D eigenvalue weighted by Crippen LogP contribution is -2.35. The molecule has 0 radical (unpaired) electrons. The number of nitrogens with zero attached hydrogens (tertiary/aromatic N) is 4. The van der Waals surface area contributed by atoms with Gasteiger partial charge in [-0.25, -0.2) is 18.3 Å². The molecule has 0 saturated heterocycles. The lowest BCUT2D eigenvalue weighted by molar-refractivity contribution is -0.697. The number of fused-ring (bicyclic) bond motifs is 3. The van der Waals surface area contributed by atoms with E-state index < -0.39 is 0 Å². The molecule has 0 saturated carbocycles. The molecule has 0 spiro atoms. The third kappa shape index (κ3) is 6.81. The predicted octanol–water partition coefficient (Wildman–Crippen LogP) is 4.74. The summed E-state index contributed by atoms with van der Waals surface area (Å²) in [5, 5.41) is 0. The third-order valence-electron chi connectivity index (χ3n) is 8.01. The Bertz CT molecular complexity index is 1690. The first-order valence-corrected chi connectivity index (χ1v) is 15.1. The summed E-state index contributed by atoms with van der Waals surface area (Å²) >= 11 is 0. The Labute approximate surface area is 258 Å². The number of ether oxygens (including phenoxy) is 2. The van der Waals surface area contributed by atoms with E-state index in [1.165, 1.54) is 33.4 Å². The Morgan fingerprint density at radius 2 is 0.727 bits per heavy atom. The summed E-state index contributed by atoms with van der Waals surface area (Å²) in [6, 6.07) is 34.1. The van der Waals surface area contributed by atoms with E-state index in [1.807, 2.05) is 24.3 Å². The minimum atomic E-state index is 0.589. The van der Waals surface area contributed by atoms with Gasteiger partial charge >= 0.3 is 0 Å². The van der Waals surface area contributed by atoms with Crippen LogP contribution in [-0.2, 0) is 26.2 Å². The van der Waals surface area contributed by atoms with E-state index in [4.69, 9.17) is 9.47 Å². The van der Waals surface area contributed by atoms with Crippen molar-refractivity contribution in [1.29, 1.82) is 0 Å². The van der Waals surface area contributed by atoms with Crippen molar-refractivity contribution in [2.45, 2.75) is 26.2 Å². The van der Waals surface area contributed by atoms with Gasteiger partial charge in [-0.05, 0) is 52.6 Å². The van der Waals surface area contributed by atoms with Crippen molar-refractivity contribution in [3.05, 3.63) is 158 Å². The maximum atomic E-state index is 5.99. The summed E-state index contributed by atoms with van der Waals surface area (Å²) in [6.45, 7) is 4.38. The summed E-state index contributed by atoms with van der Waals surface area (Å²) in [5.74, 6) is 1.68. The van der Waals surface area contributed by atoms with Gasteiger partial charge in [0.2, 0.25) is 0 Å². The van der Waals surface area contributed by atoms with Crippen LogP contribution in [0, 0.1) is 0 Å². The number of rotatable bonds is 0. The van der Waals surface area contributed by atoms with Gasteiger partial charge in [-0.1, -0.05) is 18.2 Å². The lowest BCUT2D eigenvalue weighted by Gasteiger charge is -2.07. The molecule has 0 atom stereocenters. The molecule has 12 bridgehead atoms. The van der Waals surface area contributed by atoms with Gasteiger partial charge in [-0.2, -0.15) is 0 Å². The fraction of sp³-hybridized carbons (Fsp3) is 0.158. The quantitative estimate of drug-likeness (QED) is 0.244. The molecule has 7 aliphatic rings. The first-order valence-electron chi connectivity index (χ1n) is 15.1. The second kappa shape index (κ2) is 12.9. The molecular weight excluding hydrogens is 544 g/mol. The van der Waals surface area contributed by atoms with E-state index in [1.54, 1.807) is 0 Å². The average molecular weight is 581 g/mol. The van der Waals surface area contributed by atoms with Gasteiger partial charge < -0.3 is 9.47 Å². The van der Waals surface area contributed by atoms with Gasteiger partial charge in [0.15, 0.2) is 75.8 Å². The Hall–Kier alpha value is -5.36. The van der Waals surface area contributed by atoms with Crippen molar-refractivity contribution in [1.82, 2.24) is 0 Å². The summed E-state index contributed by atoms with van der Waals surface area (Å²) in [5.41, 5.74) is 7.36. The molecule has 6 nitrogen and oxygen atoms in total. The lowest BCUT2D eigenvalue weighted by atomic mass is 10.1. The van der Waals surface area contributed by atoms with Crippen LogP contribution in [-0.4, -0.2) is 13.2 Å². The predicted molar refractivity (Wildman–Crippen MR) is 167 cm³/mol. The van der Waals surface area contributed by atoms with Crippen molar-refractivity contribution in [3.8, 4) is 33.8 Å². The van der Waals surface area contributed by atoms with Crippen molar-refractivity contribution in [2.24, 2.45) is 0 Å². The standard InChI is InChI=1S/C38H36N4O2/c1-2-31-28-32(3-1)30-42-22-14-36(15-23-42)34-10-18-40(19-11-34)25-27-44-38-6-4-37(5-7-38)43-26-24-39-16-8-33(9-17-39)35-12-20-41(29-31)21-13-35/h1-23,28H,24-27,29-30H2/q+4. The highest BCUT2D eigenvalue weighted by Crippen LogP contribution is 2.19. The van der Waals surface area contributed by atoms with Crippen LogP contribution in [0.15, 0.2) is 147 Å². The van der Waals surface area contributed by atoms with Gasteiger partial charge in [0.1, 0.15) is 24.7 Å². The molecular formula is C38H36N4O2+4. The van der Waals surface area contributed by atoms with Crippen LogP contribution in [0.5, 0.6) is 11.5 Å². The van der Waals surface area contributed by atoms with Crippen LogP contribution >= 0.6 is 0 Å². The summed E-state index contributed by atoms with van der Waals surface area (Å²) < 4.78 is 20.7. The number of hydrogen-bond acceptors (Lipinski definition) is 2. The molecule has 6 aromatic rings. The van der Waals surface area contributed by atoms with E-state index in [-0.39, 0.29) is 0 Å². The Balaban J connectivity index is 1.11. The van der Waals surface area contributed by atoms with Gasteiger partial charge in [0.25, 0.3) is 0 Å². The summed E-state index contributed by atoms with van der Waals surface area (Å²) in [7, 11) is 0. The monoisotopic (exact) mass is 580 g/mol. The normalized spacial score (nSPS) is 13.3. The topological polar surface area (TPSA) is 34.0 Å². The van der Waals surface area contributed by atoms with Crippen molar-refractivity contribution >= 4 is 0 Å². The second-order valence-corrected chi connectivity index (χ2v) is 11.2. The van der Waals surface area contributed by atoms with Crippen LogP contribution in [0.4, 0.5) is 0 Å². The first-order chi connectivity index (χ1) is 21.7. The van der Waals surface area contributed by atoms with Crippen LogP contribution in [0.2, 0.25) is 0 Å². The highest BCUT2D eigenvalue weighted by atomic mass is 16.5. The SMILES string of the molecule is c1cc2cc(c1)C[n+]1ccc(cc1)-c1cc[n+](cc1)CCOc1ccc(cc1)OCC[n+]1ccc(cc1)-c1cc[n+](cc1)C2. The zero-order chi connectivity index (χ0) is 29.6. The van der Waals surface area contributed by atoms with Crippen molar-refractivity contribution in [3.63, 3.8) is 0 Å². The zero-order valence-corrected chi connectivity index (χ0v) is 24.7. The molecule has 0 aliphatic carbocycles. The molecule has 6 heteroatoms. The van der Waals surface area contributed by atoms with Crippen LogP contribution < -0.4 is 27.7 Å². The Morgan fingerprint density at radius 1 is 0.386 bits per heavy atom. The van der Waals surface area contributed by atoms with E-state index in [0.717, 1.165) is 37.7 Å². The number of hydrogen-bond donors (Lipinski definition) is 0. The third-order valence-corrected chi connectivity index (χ3v) is 8.01. The van der Waals surface area contributed by atoms with E-state index >= 15 is 0 Å². The molecule has 0 amide bonds. The van der Waals surface area contributed by atoms with Crippen LogP contribution in [0.25, 0.3) is 22.3 Å². The molecule has 13 rings (SSSR count). The van der Waals surface area contributed by atoms with E-state index in [9.17, 15) is 0 Å². The van der Waals surface area contributed by atoms with Crippen LogP contribution in [0.1, 0.15) is 11.1 Å². The van der Waals surface area contributed by atoms with Gasteiger partial charge in [0.05, 0.1) is 0 Å². The molecule has 216 valence electrons. The molecule has 0 N–H and O–H groups in total. The van der Waals surface area contributed by atoms with Gasteiger partial charge in [-0.15, -0.1) is 0 Å². The number of aromatic nitrogens is 4. The highest BCUT2D eigenvalue weighted by molar-refractivity contribution is 5.61. The molecule has 44 heavy (non-hydrogen) atoms. The van der Waals surface area contributed by atoms with Crippen LogP contribution in [0.3, 0.4) is 0 Å². The largest absolute Gasteiger partial charge is 0.487 e. The summed E-state index contributed by atoms with van der Waals surface area (Å²) in [4.78, 5) is 0. The number of benzene rings is 2. The molecule has 0 unspecified atom stereocenters. The van der Waals surface area contributed by atoms with Crippen molar-refractivity contribution < 1.29 is 27.7 Å². The second-order valence-electron chi connectivity index (χ2n) is 11.2. The smallest absolute Gasteiger partial charge is 0.182 e. The average Bonchev–Trinajstić information content (AvgIpc) is 3.07. The first kappa shape index (κ1) is 27.5. The van der Waals surface area contributed by atoms with E-state index in [0.29, 0.717) is 13.2 Å². The van der Waals surface area contributed by atoms with Crippen molar-refractivity contribution in [2.75, 3.05) is 13.2 Å².